The summed E-state index contributed by atoms with van der Waals surface area (Å²) in [6.45, 7) is 0. The number of aromatic nitrogens is 4. The summed E-state index contributed by atoms with van der Waals surface area (Å²) in [4.78, 5) is 4.71. The van der Waals surface area contributed by atoms with Crippen LogP contribution >= 0.6 is 39.0 Å². The van der Waals surface area contributed by atoms with Crippen LogP contribution in [0.3, 0.4) is 0 Å². The molecule has 0 saturated heterocycles. The zero-order chi connectivity index (χ0) is 18.8. The number of thiazole rings is 1. The number of methoxy groups -OCH3 is 1. The summed E-state index contributed by atoms with van der Waals surface area (Å²) in [5.74, 6) is 8.56. The molecule has 0 fully saturated rings. The lowest BCUT2D eigenvalue weighted by Gasteiger charge is -2.06. The van der Waals surface area contributed by atoms with Crippen molar-refractivity contribution >= 4 is 39.0 Å². The van der Waals surface area contributed by atoms with Crippen LogP contribution in [0.2, 0.25) is 0 Å². The highest BCUT2D eigenvalue weighted by Gasteiger charge is 2.16. The van der Waals surface area contributed by atoms with Crippen molar-refractivity contribution in [2.75, 3.05) is 13.0 Å². The van der Waals surface area contributed by atoms with Crippen LogP contribution in [0, 0.1) is 0 Å². The van der Waals surface area contributed by atoms with Crippen molar-refractivity contribution in [3.8, 4) is 27.9 Å². The Morgan fingerprint density at radius 2 is 2.22 bits per heavy atom. The second-order valence-electron chi connectivity index (χ2n) is 5.43. The molecule has 1 aromatic carbocycles. The highest BCUT2D eigenvalue weighted by molar-refractivity contribution is 9.10. The second kappa shape index (κ2) is 7.75. The molecule has 4 aromatic rings. The summed E-state index contributed by atoms with van der Waals surface area (Å²) in [6.07, 6.45) is 1.57. The summed E-state index contributed by atoms with van der Waals surface area (Å²) in [7, 11) is 1.65. The van der Waals surface area contributed by atoms with Crippen molar-refractivity contribution in [2.24, 2.45) is 0 Å². The number of nitrogens with two attached hydrogens (primary N) is 1. The van der Waals surface area contributed by atoms with E-state index in [0.29, 0.717) is 22.5 Å². The topological polar surface area (TPSA) is 92.0 Å². The number of rotatable bonds is 6. The number of halogens is 1. The number of benzene rings is 1. The van der Waals surface area contributed by atoms with Crippen molar-refractivity contribution in [2.45, 2.75) is 10.9 Å². The van der Waals surface area contributed by atoms with Gasteiger partial charge in [0.15, 0.2) is 5.76 Å². The van der Waals surface area contributed by atoms with Gasteiger partial charge in [0.1, 0.15) is 10.8 Å². The number of thioether (sulfide) groups is 1. The Morgan fingerprint density at radius 1 is 1.33 bits per heavy atom. The number of ether oxygens (including phenoxy) is 1. The maximum atomic E-state index is 6.08. The van der Waals surface area contributed by atoms with Gasteiger partial charge in [0, 0.05) is 15.6 Å². The van der Waals surface area contributed by atoms with Gasteiger partial charge in [-0.05, 0) is 30.3 Å². The van der Waals surface area contributed by atoms with E-state index in [4.69, 9.17) is 20.0 Å². The van der Waals surface area contributed by atoms with Crippen LogP contribution in [0.15, 0.2) is 56.0 Å². The Kier molecular flexibility index (Phi) is 5.19. The van der Waals surface area contributed by atoms with Crippen molar-refractivity contribution in [3.05, 3.63) is 52.1 Å². The van der Waals surface area contributed by atoms with Crippen molar-refractivity contribution in [1.82, 2.24) is 19.9 Å². The standard InChI is InChI=1S/C17H14BrN5O2S2/c1-24-13-5-4-10(18)7-12(13)16-20-11(8-26-16)9-27-17-22-21-15(23(17)19)14-3-2-6-25-14/h2-8H,9,19H2,1H3. The maximum absolute atomic E-state index is 6.08. The fraction of sp³-hybridized carbons (Fsp3) is 0.118. The van der Waals surface area contributed by atoms with Gasteiger partial charge in [0.05, 0.1) is 24.6 Å². The fourth-order valence-corrected chi connectivity index (χ4v) is 4.49. The Bertz CT molecular complexity index is 1060. The van der Waals surface area contributed by atoms with Crippen LogP contribution in [0.4, 0.5) is 0 Å². The Hall–Kier alpha value is -2.30. The molecule has 0 unspecified atom stereocenters. The van der Waals surface area contributed by atoms with Crippen LogP contribution in [-0.4, -0.2) is 27.0 Å². The molecule has 3 heterocycles. The Balaban J connectivity index is 1.50. The van der Waals surface area contributed by atoms with Crippen LogP contribution in [-0.2, 0) is 5.75 Å². The highest BCUT2D eigenvalue weighted by atomic mass is 79.9. The van der Waals surface area contributed by atoms with Gasteiger partial charge in [-0.2, -0.15) is 0 Å². The molecule has 0 aliphatic rings. The van der Waals surface area contributed by atoms with Crippen molar-refractivity contribution in [1.29, 1.82) is 0 Å². The van der Waals surface area contributed by atoms with Gasteiger partial charge in [0.25, 0.3) is 0 Å². The molecule has 4 rings (SSSR count). The molecule has 2 N–H and O–H groups in total. The molecule has 0 bridgehead atoms. The minimum atomic E-state index is 0.486. The van der Waals surface area contributed by atoms with E-state index < -0.39 is 0 Å². The molecular formula is C17H14BrN5O2S2. The van der Waals surface area contributed by atoms with Crippen LogP contribution in [0.25, 0.3) is 22.2 Å². The van der Waals surface area contributed by atoms with E-state index in [1.807, 2.05) is 23.6 Å². The van der Waals surface area contributed by atoms with E-state index in [-0.39, 0.29) is 0 Å². The van der Waals surface area contributed by atoms with Crippen LogP contribution < -0.4 is 10.6 Å². The first-order valence-electron chi connectivity index (χ1n) is 7.81. The average molecular weight is 464 g/mol. The third-order valence-electron chi connectivity index (χ3n) is 3.70. The largest absolute Gasteiger partial charge is 0.496 e. The molecule has 0 spiro atoms. The van der Waals surface area contributed by atoms with Gasteiger partial charge in [-0.3, -0.25) is 0 Å². The number of nitrogens with zero attached hydrogens (tertiary/aromatic N) is 4. The molecule has 0 aliphatic carbocycles. The summed E-state index contributed by atoms with van der Waals surface area (Å²) in [5.41, 5.74) is 1.89. The smallest absolute Gasteiger partial charge is 0.218 e. The van der Waals surface area contributed by atoms with Crippen molar-refractivity contribution in [3.63, 3.8) is 0 Å². The lowest BCUT2D eigenvalue weighted by Crippen LogP contribution is -2.11. The molecule has 27 heavy (non-hydrogen) atoms. The number of nitrogen functional groups attached to an aromatic ring is 1. The van der Waals surface area contributed by atoms with Crippen LogP contribution in [0.5, 0.6) is 5.75 Å². The summed E-state index contributed by atoms with van der Waals surface area (Å²) in [5, 5.41) is 11.7. The minimum absolute atomic E-state index is 0.486. The molecule has 138 valence electrons. The van der Waals surface area contributed by atoms with Gasteiger partial charge < -0.3 is 15.0 Å². The monoisotopic (exact) mass is 463 g/mol. The number of furan rings is 1. The summed E-state index contributed by atoms with van der Waals surface area (Å²) < 4.78 is 13.2. The molecule has 0 atom stereocenters. The quantitative estimate of drug-likeness (QED) is 0.333. The molecule has 7 nitrogen and oxygen atoms in total. The molecule has 3 aromatic heterocycles. The first-order chi connectivity index (χ1) is 13.2. The maximum Gasteiger partial charge on any atom is 0.218 e. The molecular weight excluding hydrogens is 450 g/mol. The second-order valence-corrected chi connectivity index (χ2v) is 8.15. The van der Waals surface area contributed by atoms with Crippen molar-refractivity contribution < 1.29 is 9.15 Å². The Morgan fingerprint density at radius 3 is 3.00 bits per heavy atom. The van der Waals surface area contributed by atoms with Gasteiger partial charge in [-0.1, -0.05) is 27.7 Å². The van der Waals surface area contributed by atoms with E-state index in [0.717, 1.165) is 26.5 Å². The predicted molar refractivity (Wildman–Crippen MR) is 109 cm³/mol. The zero-order valence-electron chi connectivity index (χ0n) is 14.1. The van der Waals surface area contributed by atoms with Gasteiger partial charge in [-0.15, -0.1) is 21.5 Å². The lowest BCUT2D eigenvalue weighted by molar-refractivity contribution is 0.416. The first kappa shape index (κ1) is 18.1. The lowest BCUT2D eigenvalue weighted by atomic mass is 10.2. The number of hydrogen-bond donors (Lipinski definition) is 1. The molecule has 0 radical (unpaired) electrons. The summed E-state index contributed by atoms with van der Waals surface area (Å²) >= 11 is 6.53. The van der Waals surface area contributed by atoms with Gasteiger partial charge >= 0.3 is 0 Å². The SMILES string of the molecule is COc1ccc(Br)cc1-c1nc(CSc2nnc(-c3ccco3)n2N)cs1. The summed E-state index contributed by atoms with van der Waals surface area (Å²) in [6, 6.07) is 9.43. The van der Waals surface area contributed by atoms with E-state index in [9.17, 15) is 0 Å². The highest BCUT2D eigenvalue weighted by Crippen LogP contribution is 2.35. The van der Waals surface area contributed by atoms with E-state index in [1.165, 1.54) is 16.4 Å². The first-order valence-corrected chi connectivity index (χ1v) is 10.5. The normalized spacial score (nSPS) is 11.0. The van der Waals surface area contributed by atoms with Gasteiger partial charge in [0.2, 0.25) is 11.0 Å². The van der Waals surface area contributed by atoms with Crippen LogP contribution in [0.1, 0.15) is 5.69 Å². The minimum Gasteiger partial charge on any atom is -0.496 e. The third kappa shape index (κ3) is 3.73. The molecule has 0 aliphatic heterocycles. The Labute approximate surface area is 171 Å². The van der Waals surface area contributed by atoms with E-state index >= 15 is 0 Å². The average Bonchev–Trinajstić information content (AvgIpc) is 3.41. The molecule has 0 amide bonds. The van der Waals surface area contributed by atoms with Gasteiger partial charge in [-0.25, -0.2) is 9.66 Å². The molecule has 10 heteroatoms. The van der Waals surface area contributed by atoms with E-state index in [2.05, 4.69) is 26.1 Å². The predicted octanol–water partition coefficient (Wildman–Crippen LogP) is 4.44. The zero-order valence-corrected chi connectivity index (χ0v) is 17.3. The fourth-order valence-electron chi connectivity index (χ4n) is 2.43. The molecule has 0 saturated carbocycles. The number of hydrogen-bond acceptors (Lipinski definition) is 8. The third-order valence-corrected chi connectivity index (χ3v) is 6.09. The van der Waals surface area contributed by atoms with E-state index in [1.54, 1.807) is 36.8 Å².